The lowest BCUT2D eigenvalue weighted by molar-refractivity contribution is -0.123. The van der Waals surface area contributed by atoms with Crippen LogP contribution in [-0.4, -0.2) is 47.8 Å². The molecule has 0 bridgehead atoms. The highest BCUT2D eigenvalue weighted by Crippen LogP contribution is 2.43. The Morgan fingerprint density at radius 3 is 1.86 bits per heavy atom. The summed E-state index contributed by atoms with van der Waals surface area (Å²) >= 11 is 0. The van der Waals surface area contributed by atoms with E-state index in [9.17, 15) is 19.4 Å². The molecule has 0 aliphatic rings. The smallest absolute Gasteiger partial charge is 0.387 e. The molecule has 0 aliphatic heterocycles. The predicted molar refractivity (Wildman–Crippen MR) is 180 cm³/mol. The van der Waals surface area contributed by atoms with Crippen LogP contribution in [-0.2, 0) is 18.4 Å². The van der Waals surface area contributed by atoms with E-state index in [4.69, 9.17) is 14.8 Å². The number of hydrogen-bond donors (Lipinski definition) is 4. The number of aliphatic hydroxyl groups is 1. The molecule has 0 fully saturated rings. The van der Waals surface area contributed by atoms with E-state index in [0.29, 0.717) is 6.42 Å². The minimum Gasteiger partial charge on any atom is -0.387 e. The fourth-order valence-electron chi connectivity index (χ4n) is 4.26. The summed E-state index contributed by atoms with van der Waals surface area (Å²) in [5.41, 5.74) is 5.33. The fourth-order valence-corrected chi connectivity index (χ4v) is 5.02. The number of amides is 1. The lowest BCUT2D eigenvalue weighted by Crippen LogP contribution is -2.45. The van der Waals surface area contributed by atoms with Gasteiger partial charge in [-0.25, -0.2) is 4.57 Å². The molecule has 0 aromatic carbocycles. The van der Waals surface area contributed by atoms with Gasteiger partial charge in [0.05, 0.1) is 25.4 Å². The summed E-state index contributed by atoms with van der Waals surface area (Å²) in [4.78, 5) is 22.5. The molecule has 0 rings (SSSR count). The minimum absolute atomic E-state index is 0.0687. The predicted octanol–water partition coefficient (Wildman–Crippen LogP) is 8.21. The second-order valence-corrected chi connectivity index (χ2v) is 12.4. The summed E-state index contributed by atoms with van der Waals surface area (Å²) in [6, 6.07) is -0.884. The number of nitrogens with one attached hydrogen (secondary N) is 1. The Morgan fingerprint density at radius 1 is 0.744 bits per heavy atom. The molecule has 0 aliphatic carbocycles. The Bertz CT molecular complexity index is 815. The van der Waals surface area contributed by atoms with Crippen LogP contribution < -0.4 is 11.1 Å². The molecule has 8 nitrogen and oxygen atoms in total. The zero-order valence-electron chi connectivity index (χ0n) is 27.2. The minimum atomic E-state index is -4.34. The van der Waals surface area contributed by atoms with E-state index in [2.05, 4.69) is 55.6 Å². The van der Waals surface area contributed by atoms with Gasteiger partial charge in [-0.1, -0.05) is 107 Å². The van der Waals surface area contributed by atoms with Crippen molar-refractivity contribution >= 4 is 13.7 Å². The van der Waals surface area contributed by atoms with Crippen LogP contribution in [0.15, 0.2) is 48.6 Å². The molecular formula is C34H63N2O6P. The van der Waals surface area contributed by atoms with Crippen LogP contribution in [0, 0.1) is 0 Å². The molecule has 1 amide bonds. The molecule has 3 unspecified atom stereocenters. The van der Waals surface area contributed by atoms with Gasteiger partial charge in [0.1, 0.15) is 0 Å². The van der Waals surface area contributed by atoms with Gasteiger partial charge >= 0.3 is 7.82 Å². The first-order chi connectivity index (χ1) is 20.9. The van der Waals surface area contributed by atoms with Crippen LogP contribution in [0.4, 0.5) is 0 Å². The molecule has 250 valence electrons. The van der Waals surface area contributed by atoms with Crippen molar-refractivity contribution in [3.8, 4) is 0 Å². The third-order valence-electron chi connectivity index (χ3n) is 6.85. The standard InChI is InChI=1S/C34H63N2O6P/c1-3-5-7-9-11-13-15-16-18-19-21-23-25-27-33(37)32(31-42-43(39,40)41-30-29-35)36-34(38)28-26-24-22-20-17-14-12-10-8-6-4-2/h10-13,18-19,25,27,32-33,37H,3-9,14-17,20-24,26,28-31,35H2,1-2H3,(H,36,38)(H,39,40)/b12-10-,13-11+,19-18+,27-25+. The summed E-state index contributed by atoms with van der Waals surface area (Å²) in [6.45, 7) is 3.98. The van der Waals surface area contributed by atoms with E-state index in [0.717, 1.165) is 77.0 Å². The van der Waals surface area contributed by atoms with Gasteiger partial charge in [-0.3, -0.25) is 13.8 Å². The molecule has 0 aromatic heterocycles. The van der Waals surface area contributed by atoms with Crippen molar-refractivity contribution in [1.29, 1.82) is 0 Å². The molecule has 0 aromatic rings. The van der Waals surface area contributed by atoms with Gasteiger partial charge in [-0.05, 0) is 64.2 Å². The molecule has 0 radical (unpaired) electrons. The second kappa shape index (κ2) is 30.5. The van der Waals surface area contributed by atoms with Crippen molar-refractivity contribution in [3.63, 3.8) is 0 Å². The van der Waals surface area contributed by atoms with Crippen LogP contribution in [0.2, 0.25) is 0 Å². The third kappa shape index (κ3) is 29.0. The maximum absolute atomic E-state index is 12.6. The number of carbonyl (C=O) groups excluding carboxylic acids is 1. The summed E-state index contributed by atoms with van der Waals surface area (Å²) in [5, 5.41) is 13.5. The lowest BCUT2D eigenvalue weighted by atomic mass is 10.1. The zero-order valence-corrected chi connectivity index (χ0v) is 28.1. The van der Waals surface area contributed by atoms with E-state index < -0.39 is 20.0 Å². The summed E-state index contributed by atoms with van der Waals surface area (Å²) in [5.74, 6) is -0.224. The zero-order chi connectivity index (χ0) is 31.9. The number of phosphoric ester groups is 1. The first kappa shape index (κ1) is 41.5. The van der Waals surface area contributed by atoms with E-state index in [1.807, 2.05) is 6.08 Å². The Labute approximate surface area is 262 Å². The average molecular weight is 627 g/mol. The topological polar surface area (TPSA) is 131 Å². The SMILES string of the molecule is CCCC/C=C\CCCCCCCC(=O)NC(COP(=O)(O)OCCN)C(O)/C=C/CC/C=C/CC/C=C/CCCCC. The van der Waals surface area contributed by atoms with Crippen LogP contribution >= 0.6 is 7.82 Å². The molecule has 3 atom stereocenters. The van der Waals surface area contributed by atoms with Gasteiger partial charge in [0.25, 0.3) is 0 Å². The molecule has 9 heteroatoms. The molecular weight excluding hydrogens is 563 g/mol. The summed E-state index contributed by atoms with van der Waals surface area (Å²) in [6.07, 6.45) is 34.4. The van der Waals surface area contributed by atoms with Gasteiger partial charge in [-0.15, -0.1) is 0 Å². The second-order valence-electron chi connectivity index (χ2n) is 11.0. The summed E-state index contributed by atoms with van der Waals surface area (Å²) in [7, 11) is -4.34. The number of rotatable bonds is 30. The number of carbonyl (C=O) groups is 1. The number of allylic oxidation sites excluding steroid dienone is 7. The number of aliphatic hydroxyl groups excluding tert-OH is 1. The molecule has 43 heavy (non-hydrogen) atoms. The number of unbranched alkanes of at least 4 members (excludes halogenated alkanes) is 12. The van der Waals surface area contributed by atoms with E-state index in [1.165, 1.54) is 32.1 Å². The Hall–Kier alpha value is -1.54. The van der Waals surface area contributed by atoms with Crippen molar-refractivity contribution in [1.82, 2.24) is 5.32 Å². The van der Waals surface area contributed by atoms with E-state index >= 15 is 0 Å². The van der Waals surface area contributed by atoms with Crippen molar-refractivity contribution in [2.75, 3.05) is 19.8 Å². The average Bonchev–Trinajstić information content (AvgIpc) is 2.99. The molecule has 0 saturated carbocycles. The Morgan fingerprint density at radius 2 is 1.26 bits per heavy atom. The normalized spacial score (nSPS) is 15.2. The third-order valence-corrected chi connectivity index (χ3v) is 7.84. The largest absolute Gasteiger partial charge is 0.472 e. The van der Waals surface area contributed by atoms with Crippen molar-refractivity contribution in [2.24, 2.45) is 5.73 Å². The highest BCUT2D eigenvalue weighted by molar-refractivity contribution is 7.47. The molecule has 0 saturated heterocycles. The quantitative estimate of drug-likeness (QED) is 0.0359. The number of phosphoric acid groups is 1. The molecule has 5 N–H and O–H groups in total. The van der Waals surface area contributed by atoms with E-state index in [-0.39, 0.29) is 25.7 Å². The monoisotopic (exact) mass is 626 g/mol. The summed E-state index contributed by atoms with van der Waals surface area (Å²) < 4.78 is 21.9. The van der Waals surface area contributed by atoms with Crippen molar-refractivity contribution in [2.45, 2.75) is 142 Å². The molecule has 0 heterocycles. The Kier molecular flexibility index (Phi) is 29.4. The first-order valence-corrected chi connectivity index (χ1v) is 18.3. The van der Waals surface area contributed by atoms with Gasteiger partial charge < -0.3 is 21.1 Å². The number of nitrogens with two attached hydrogens (primary N) is 1. The van der Waals surface area contributed by atoms with Crippen molar-refractivity contribution < 1.29 is 28.4 Å². The van der Waals surface area contributed by atoms with Crippen LogP contribution in [0.5, 0.6) is 0 Å². The van der Waals surface area contributed by atoms with Crippen molar-refractivity contribution in [3.05, 3.63) is 48.6 Å². The highest BCUT2D eigenvalue weighted by atomic mass is 31.2. The fraction of sp³-hybridized carbons (Fsp3) is 0.735. The van der Waals surface area contributed by atoms with Crippen LogP contribution in [0.25, 0.3) is 0 Å². The lowest BCUT2D eigenvalue weighted by Gasteiger charge is -2.23. The number of hydrogen-bond acceptors (Lipinski definition) is 6. The first-order valence-electron chi connectivity index (χ1n) is 16.8. The van der Waals surface area contributed by atoms with Gasteiger partial charge in [0.15, 0.2) is 0 Å². The van der Waals surface area contributed by atoms with Crippen LogP contribution in [0.3, 0.4) is 0 Å². The highest BCUT2D eigenvalue weighted by Gasteiger charge is 2.26. The maximum atomic E-state index is 12.6. The Balaban J connectivity index is 4.52. The van der Waals surface area contributed by atoms with Crippen LogP contribution in [0.1, 0.15) is 129 Å². The van der Waals surface area contributed by atoms with Gasteiger partial charge in [0, 0.05) is 13.0 Å². The van der Waals surface area contributed by atoms with E-state index in [1.54, 1.807) is 6.08 Å². The molecule has 0 spiro atoms. The maximum Gasteiger partial charge on any atom is 0.472 e. The van der Waals surface area contributed by atoms with Gasteiger partial charge in [-0.2, -0.15) is 0 Å². The van der Waals surface area contributed by atoms with Gasteiger partial charge in [0.2, 0.25) is 5.91 Å².